The highest BCUT2D eigenvalue weighted by Gasteiger charge is 2.08. The van der Waals surface area contributed by atoms with Gasteiger partial charge in [-0.1, -0.05) is 12.1 Å². The van der Waals surface area contributed by atoms with E-state index < -0.39 is 0 Å². The molecule has 2 N–H and O–H groups in total. The largest absolute Gasteiger partial charge is 0.494 e. The van der Waals surface area contributed by atoms with Gasteiger partial charge in [-0.3, -0.25) is 4.98 Å². The second-order valence-corrected chi connectivity index (χ2v) is 4.75. The van der Waals surface area contributed by atoms with Crippen LogP contribution in [0.5, 0.6) is 5.75 Å². The third-order valence-corrected chi connectivity index (χ3v) is 3.33. The predicted octanol–water partition coefficient (Wildman–Crippen LogP) is 2.78. The Kier molecular flexibility index (Phi) is 4.12. The van der Waals surface area contributed by atoms with Crippen LogP contribution in [0.4, 0.5) is 0 Å². The smallest absolute Gasteiger partial charge is 0.119 e. The van der Waals surface area contributed by atoms with Gasteiger partial charge in [0.25, 0.3) is 0 Å². The first-order chi connectivity index (χ1) is 8.29. The molecule has 0 spiro atoms. The zero-order chi connectivity index (χ0) is 12.1. The van der Waals surface area contributed by atoms with Gasteiger partial charge in [-0.05, 0) is 24.6 Å². The molecule has 0 amide bonds. The van der Waals surface area contributed by atoms with Crippen LogP contribution in [0, 0.1) is 0 Å². The van der Waals surface area contributed by atoms with Crippen molar-refractivity contribution < 1.29 is 4.74 Å². The molecule has 4 heteroatoms. The number of hydrogen-bond donors (Lipinski definition) is 1. The summed E-state index contributed by atoms with van der Waals surface area (Å²) >= 11 is 1.64. The molecular formula is C13H16N2OS. The summed E-state index contributed by atoms with van der Waals surface area (Å²) in [6, 6.07) is 8.00. The van der Waals surface area contributed by atoms with E-state index in [0.717, 1.165) is 17.7 Å². The van der Waals surface area contributed by atoms with E-state index in [0.29, 0.717) is 6.61 Å². The van der Waals surface area contributed by atoms with Crippen molar-refractivity contribution in [1.82, 2.24) is 4.98 Å². The monoisotopic (exact) mass is 248 g/mol. The summed E-state index contributed by atoms with van der Waals surface area (Å²) in [7, 11) is 0. The Labute approximate surface area is 105 Å². The molecule has 0 fully saturated rings. The maximum absolute atomic E-state index is 6.15. The number of nitrogens with two attached hydrogens (primary N) is 1. The van der Waals surface area contributed by atoms with Crippen LogP contribution in [0.25, 0.3) is 0 Å². The van der Waals surface area contributed by atoms with Gasteiger partial charge in [-0.15, -0.1) is 11.3 Å². The first-order valence-electron chi connectivity index (χ1n) is 5.65. The van der Waals surface area contributed by atoms with E-state index in [-0.39, 0.29) is 6.04 Å². The average molecular weight is 248 g/mol. The highest BCUT2D eigenvalue weighted by Crippen LogP contribution is 2.20. The molecule has 90 valence electrons. The summed E-state index contributed by atoms with van der Waals surface area (Å²) in [6.45, 7) is 2.66. The number of rotatable bonds is 5. The van der Waals surface area contributed by atoms with Crippen LogP contribution in [-0.2, 0) is 6.42 Å². The lowest BCUT2D eigenvalue weighted by atomic mass is 10.0. The molecule has 1 aromatic carbocycles. The van der Waals surface area contributed by atoms with Crippen molar-refractivity contribution in [1.29, 1.82) is 0 Å². The lowest BCUT2D eigenvalue weighted by Gasteiger charge is -2.11. The van der Waals surface area contributed by atoms with Crippen molar-refractivity contribution in [3.63, 3.8) is 0 Å². The summed E-state index contributed by atoms with van der Waals surface area (Å²) in [4.78, 5) is 5.26. The fourth-order valence-corrected chi connectivity index (χ4v) is 2.31. The van der Waals surface area contributed by atoms with E-state index >= 15 is 0 Å². The molecular weight excluding hydrogens is 232 g/mol. The summed E-state index contributed by atoms with van der Waals surface area (Å²) < 4.78 is 5.40. The molecule has 0 aliphatic rings. The second-order valence-electron chi connectivity index (χ2n) is 3.78. The second kappa shape index (κ2) is 5.80. The lowest BCUT2D eigenvalue weighted by molar-refractivity contribution is 0.340. The first-order valence-corrected chi connectivity index (χ1v) is 6.53. The molecule has 0 saturated carbocycles. The van der Waals surface area contributed by atoms with Crippen molar-refractivity contribution in [2.24, 2.45) is 5.73 Å². The van der Waals surface area contributed by atoms with Crippen molar-refractivity contribution in [3.8, 4) is 5.75 Å². The van der Waals surface area contributed by atoms with E-state index in [1.807, 2.05) is 42.9 Å². The number of benzene rings is 1. The zero-order valence-electron chi connectivity index (χ0n) is 9.80. The average Bonchev–Trinajstić information content (AvgIpc) is 2.83. The molecule has 3 nitrogen and oxygen atoms in total. The normalized spacial score (nSPS) is 12.4. The maximum Gasteiger partial charge on any atom is 0.119 e. The molecule has 2 rings (SSSR count). The molecule has 1 atom stereocenters. The van der Waals surface area contributed by atoms with Gasteiger partial charge in [0.05, 0.1) is 12.1 Å². The molecule has 2 aromatic rings. The molecule has 1 heterocycles. The van der Waals surface area contributed by atoms with Crippen molar-refractivity contribution in [2.75, 3.05) is 6.61 Å². The van der Waals surface area contributed by atoms with E-state index in [1.165, 1.54) is 4.88 Å². The zero-order valence-corrected chi connectivity index (χ0v) is 10.6. The quantitative estimate of drug-likeness (QED) is 0.885. The Bertz CT molecular complexity index is 439. The van der Waals surface area contributed by atoms with Crippen molar-refractivity contribution >= 4 is 11.3 Å². The van der Waals surface area contributed by atoms with Crippen LogP contribution in [0.1, 0.15) is 23.4 Å². The SMILES string of the molecule is CCOc1ccc(C(N)Cc2cncs2)cc1. The first kappa shape index (κ1) is 12.1. The number of aromatic nitrogens is 1. The van der Waals surface area contributed by atoms with E-state index in [4.69, 9.17) is 10.5 Å². The number of hydrogen-bond acceptors (Lipinski definition) is 4. The van der Waals surface area contributed by atoms with Crippen LogP contribution in [0.3, 0.4) is 0 Å². The van der Waals surface area contributed by atoms with E-state index in [1.54, 1.807) is 11.3 Å². The van der Waals surface area contributed by atoms with Gasteiger partial charge in [-0.2, -0.15) is 0 Å². The molecule has 1 aromatic heterocycles. The van der Waals surface area contributed by atoms with Gasteiger partial charge in [0, 0.05) is 23.5 Å². The van der Waals surface area contributed by atoms with Crippen molar-refractivity contribution in [2.45, 2.75) is 19.4 Å². The predicted molar refractivity (Wildman–Crippen MR) is 70.4 cm³/mol. The Balaban J connectivity index is 2.01. The van der Waals surface area contributed by atoms with Gasteiger partial charge in [0.2, 0.25) is 0 Å². The number of nitrogens with zero attached hydrogens (tertiary/aromatic N) is 1. The Hall–Kier alpha value is -1.39. The molecule has 0 saturated heterocycles. The summed E-state index contributed by atoms with van der Waals surface area (Å²) in [5.74, 6) is 0.890. The third kappa shape index (κ3) is 3.28. The molecule has 0 bridgehead atoms. The fraction of sp³-hybridized carbons (Fsp3) is 0.308. The van der Waals surface area contributed by atoms with Crippen LogP contribution >= 0.6 is 11.3 Å². The maximum atomic E-state index is 6.15. The highest BCUT2D eigenvalue weighted by molar-refractivity contribution is 7.09. The van der Waals surface area contributed by atoms with Gasteiger partial charge in [0.15, 0.2) is 0 Å². The van der Waals surface area contributed by atoms with Crippen LogP contribution in [0.2, 0.25) is 0 Å². The summed E-state index contributed by atoms with van der Waals surface area (Å²) in [6.07, 6.45) is 2.71. The van der Waals surface area contributed by atoms with E-state index in [2.05, 4.69) is 4.98 Å². The minimum atomic E-state index is 0.0196. The molecule has 1 unspecified atom stereocenters. The Morgan fingerprint density at radius 2 is 2.12 bits per heavy atom. The van der Waals surface area contributed by atoms with Crippen LogP contribution in [-0.4, -0.2) is 11.6 Å². The van der Waals surface area contributed by atoms with Gasteiger partial charge >= 0.3 is 0 Å². The fourth-order valence-electron chi connectivity index (χ4n) is 1.66. The minimum absolute atomic E-state index is 0.0196. The highest BCUT2D eigenvalue weighted by atomic mass is 32.1. The third-order valence-electron chi connectivity index (χ3n) is 2.52. The summed E-state index contributed by atoms with van der Waals surface area (Å²) in [5.41, 5.74) is 9.11. The number of ether oxygens (including phenoxy) is 1. The molecule has 0 aliphatic carbocycles. The summed E-state index contributed by atoms with van der Waals surface area (Å²) in [5, 5.41) is 0. The van der Waals surface area contributed by atoms with Gasteiger partial charge < -0.3 is 10.5 Å². The molecule has 0 radical (unpaired) electrons. The Morgan fingerprint density at radius 3 is 2.71 bits per heavy atom. The lowest BCUT2D eigenvalue weighted by Crippen LogP contribution is -2.12. The van der Waals surface area contributed by atoms with Gasteiger partial charge in [-0.25, -0.2) is 0 Å². The molecule has 17 heavy (non-hydrogen) atoms. The molecule has 0 aliphatic heterocycles. The van der Waals surface area contributed by atoms with Crippen molar-refractivity contribution in [3.05, 3.63) is 46.4 Å². The van der Waals surface area contributed by atoms with E-state index in [9.17, 15) is 0 Å². The van der Waals surface area contributed by atoms with Gasteiger partial charge in [0.1, 0.15) is 5.75 Å². The number of thiazole rings is 1. The topological polar surface area (TPSA) is 48.1 Å². The minimum Gasteiger partial charge on any atom is -0.494 e. The Morgan fingerprint density at radius 1 is 1.35 bits per heavy atom. The van der Waals surface area contributed by atoms with Crippen LogP contribution < -0.4 is 10.5 Å². The van der Waals surface area contributed by atoms with Crippen LogP contribution in [0.15, 0.2) is 36.0 Å². The standard InChI is InChI=1S/C13H16N2OS/c1-2-16-11-5-3-10(4-6-11)13(14)7-12-8-15-9-17-12/h3-6,8-9,13H,2,7,14H2,1H3.